The molecule has 0 aliphatic carbocycles. The number of benzene rings is 3. The van der Waals surface area contributed by atoms with E-state index in [2.05, 4.69) is 12.2 Å². The van der Waals surface area contributed by atoms with Crippen LogP contribution in [0, 0.1) is 5.92 Å². The Kier molecular flexibility index (Phi) is 8.43. The van der Waals surface area contributed by atoms with E-state index in [4.69, 9.17) is 14.6 Å². The van der Waals surface area contributed by atoms with E-state index >= 15 is 0 Å². The van der Waals surface area contributed by atoms with Crippen LogP contribution in [0.15, 0.2) is 77.7 Å². The first-order chi connectivity index (χ1) is 17.3. The maximum absolute atomic E-state index is 11.5. The van der Waals surface area contributed by atoms with Gasteiger partial charge in [0.1, 0.15) is 0 Å². The number of hydrogen-bond donors (Lipinski definition) is 3. The number of aliphatic hydroxyl groups is 1. The Bertz CT molecular complexity index is 1200. The highest BCUT2D eigenvalue weighted by Crippen LogP contribution is 2.43. The van der Waals surface area contributed by atoms with Crippen molar-refractivity contribution in [1.29, 1.82) is 0 Å². The standard InChI is InChI=1S/C28H29NO6S/c1-17-25(16-36-24-12-10-21(11-13-24)27(32)33)34-28(22-4-3-5-23(14-22)29-18(2)31)35-26(17)20-8-6-19(15-30)7-9-20/h3-14,17,25-26,28,30H,15-16H2,1-2H3,(H,29,31)(H,32,33)/t17-,25+,26+,28+/m0/s1. The van der Waals surface area contributed by atoms with Gasteiger partial charge in [0.15, 0.2) is 6.29 Å². The second-order valence-electron chi connectivity index (χ2n) is 8.77. The summed E-state index contributed by atoms with van der Waals surface area (Å²) < 4.78 is 12.9. The van der Waals surface area contributed by atoms with Crippen LogP contribution in [0.2, 0.25) is 0 Å². The first-order valence-corrected chi connectivity index (χ1v) is 12.7. The van der Waals surface area contributed by atoms with E-state index in [1.165, 1.54) is 6.92 Å². The highest BCUT2D eigenvalue weighted by Gasteiger charge is 2.38. The molecule has 1 fully saturated rings. The summed E-state index contributed by atoms with van der Waals surface area (Å²) >= 11 is 1.60. The van der Waals surface area contributed by atoms with Crippen molar-refractivity contribution in [2.45, 2.75) is 43.8 Å². The number of thioether (sulfide) groups is 1. The largest absolute Gasteiger partial charge is 0.478 e. The van der Waals surface area contributed by atoms with Crippen molar-refractivity contribution in [3.05, 3.63) is 95.1 Å². The Labute approximate surface area is 214 Å². The number of aliphatic hydroxyl groups excluding tert-OH is 1. The summed E-state index contributed by atoms with van der Waals surface area (Å²) in [6.45, 7) is 3.53. The number of carbonyl (C=O) groups excluding carboxylic acids is 1. The van der Waals surface area contributed by atoms with Crippen LogP contribution >= 0.6 is 11.8 Å². The molecule has 4 rings (SSSR count). The average molecular weight is 508 g/mol. The molecule has 0 saturated carbocycles. The molecule has 7 nitrogen and oxygen atoms in total. The average Bonchev–Trinajstić information content (AvgIpc) is 2.88. The van der Waals surface area contributed by atoms with Gasteiger partial charge in [0.25, 0.3) is 0 Å². The van der Waals surface area contributed by atoms with Crippen LogP contribution in [0.25, 0.3) is 0 Å². The summed E-state index contributed by atoms with van der Waals surface area (Å²) in [7, 11) is 0. The molecular weight excluding hydrogens is 478 g/mol. The normalized spacial score (nSPS) is 21.6. The molecule has 3 aromatic carbocycles. The number of hydrogen-bond acceptors (Lipinski definition) is 6. The number of rotatable bonds is 8. The summed E-state index contributed by atoms with van der Waals surface area (Å²) in [5.41, 5.74) is 3.53. The van der Waals surface area contributed by atoms with Crippen LogP contribution in [0.3, 0.4) is 0 Å². The number of carboxylic acids is 1. The zero-order chi connectivity index (χ0) is 25.7. The van der Waals surface area contributed by atoms with Crippen LogP contribution in [-0.2, 0) is 20.9 Å². The quantitative estimate of drug-likeness (QED) is 0.350. The Morgan fingerprint density at radius 3 is 2.33 bits per heavy atom. The van der Waals surface area contributed by atoms with E-state index in [0.29, 0.717) is 11.4 Å². The Morgan fingerprint density at radius 1 is 0.972 bits per heavy atom. The summed E-state index contributed by atoms with van der Waals surface area (Å²) in [6.07, 6.45) is -1.06. The summed E-state index contributed by atoms with van der Waals surface area (Å²) in [5.74, 6) is -0.446. The van der Waals surface area contributed by atoms with Gasteiger partial charge in [0.2, 0.25) is 5.91 Å². The van der Waals surface area contributed by atoms with Crippen LogP contribution in [0.5, 0.6) is 0 Å². The van der Waals surface area contributed by atoms with Crippen molar-refractivity contribution in [3.63, 3.8) is 0 Å². The highest BCUT2D eigenvalue weighted by atomic mass is 32.2. The number of carbonyl (C=O) groups is 2. The molecule has 3 aromatic rings. The molecule has 4 atom stereocenters. The van der Waals surface area contributed by atoms with E-state index in [1.54, 1.807) is 36.0 Å². The van der Waals surface area contributed by atoms with Crippen molar-refractivity contribution in [2.75, 3.05) is 11.1 Å². The molecule has 1 aliphatic rings. The lowest BCUT2D eigenvalue weighted by Gasteiger charge is -2.41. The van der Waals surface area contributed by atoms with Gasteiger partial charge in [-0.25, -0.2) is 4.79 Å². The Morgan fingerprint density at radius 2 is 1.69 bits per heavy atom. The lowest BCUT2D eigenvalue weighted by Crippen LogP contribution is -2.38. The van der Waals surface area contributed by atoms with Gasteiger partial charge >= 0.3 is 5.97 Å². The fourth-order valence-corrected chi connectivity index (χ4v) is 5.22. The molecule has 188 valence electrons. The maximum Gasteiger partial charge on any atom is 0.335 e. The van der Waals surface area contributed by atoms with E-state index in [0.717, 1.165) is 21.6 Å². The van der Waals surface area contributed by atoms with Gasteiger partial charge in [-0.3, -0.25) is 4.79 Å². The summed E-state index contributed by atoms with van der Waals surface area (Å²) in [5, 5.41) is 21.4. The van der Waals surface area contributed by atoms with Gasteiger partial charge in [-0.2, -0.15) is 0 Å². The van der Waals surface area contributed by atoms with Gasteiger partial charge in [-0.05, 0) is 47.5 Å². The fourth-order valence-electron chi connectivity index (χ4n) is 4.15. The monoisotopic (exact) mass is 507 g/mol. The summed E-state index contributed by atoms with van der Waals surface area (Å²) in [6, 6.07) is 21.9. The molecule has 1 amide bonds. The van der Waals surface area contributed by atoms with Crippen molar-refractivity contribution in [1.82, 2.24) is 0 Å². The van der Waals surface area contributed by atoms with Crippen LogP contribution in [-0.4, -0.2) is 33.9 Å². The molecule has 0 bridgehead atoms. The van der Waals surface area contributed by atoms with Gasteiger partial charge in [-0.15, -0.1) is 11.8 Å². The van der Waals surface area contributed by atoms with E-state index in [1.807, 2.05) is 48.5 Å². The molecule has 3 N–H and O–H groups in total. The SMILES string of the molecule is CC(=O)Nc1cccc([C@@H]2O[C@H](CSc3ccc(C(=O)O)cc3)[C@H](C)[C@H](c3ccc(CO)cc3)O2)c1. The number of ether oxygens (including phenoxy) is 2. The predicted molar refractivity (Wildman–Crippen MR) is 138 cm³/mol. The fraction of sp³-hybridized carbons (Fsp3) is 0.286. The van der Waals surface area contributed by atoms with Crippen LogP contribution < -0.4 is 5.32 Å². The third-order valence-electron chi connectivity index (χ3n) is 6.12. The minimum absolute atomic E-state index is 0.0190. The lowest BCUT2D eigenvalue weighted by molar-refractivity contribution is -0.268. The van der Waals surface area contributed by atoms with Crippen LogP contribution in [0.4, 0.5) is 5.69 Å². The topological polar surface area (TPSA) is 105 Å². The summed E-state index contributed by atoms with van der Waals surface area (Å²) in [4.78, 5) is 23.6. The second-order valence-corrected chi connectivity index (χ2v) is 9.86. The van der Waals surface area contributed by atoms with Crippen molar-refractivity contribution in [3.8, 4) is 0 Å². The van der Waals surface area contributed by atoms with Gasteiger partial charge in [0.05, 0.1) is 24.4 Å². The van der Waals surface area contributed by atoms with E-state index < -0.39 is 12.3 Å². The van der Waals surface area contributed by atoms with Crippen molar-refractivity contribution >= 4 is 29.3 Å². The second kappa shape index (κ2) is 11.7. The van der Waals surface area contributed by atoms with E-state index in [9.17, 15) is 14.7 Å². The molecule has 8 heteroatoms. The lowest BCUT2D eigenvalue weighted by atomic mass is 9.91. The minimum Gasteiger partial charge on any atom is -0.478 e. The zero-order valence-electron chi connectivity index (χ0n) is 20.1. The first kappa shape index (κ1) is 25.9. The number of aromatic carboxylic acids is 1. The molecule has 1 aliphatic heterocycles. The minimum atomic E-state index is -0.952. The van der Waals surface area contributed by atoms with Crippen LogP contribution in [0.1, 0.15) is 53.3 Å². The van der Waals surface area contributed by atoms with Crippen molar-refractivity contribution < 1.29 is 29.3 Å². The molecule has 0 radical (unpaired) electrons. The van der Waals surface area contributed by atoms with Gasteiger partial charge < -0.3 is 25.0 Å². The molecule has 36 heavy (non-hydrogen) atoms. The van der Waals surface area contributed by atoms with Crippen molar-refractivity contribution in [2.24, 2.45) is 5.92 Å². The number of carboxylic acid groups (broad SMARTS) is 1. The van der Waals surface area contributed by atoms with E-state index in [-0.39, 0.29) is 36.2 Å². The molecule has 0 spiro atoms. The molecule has 1 saturated heterocycles. The smallest absolute Gasteiger partial charge is 0.335 e. The van der Waals surface area contributed by atoms with Gasteiger partial charge in [0, 0.05) is 34.7 Å². The highest BCUT2D eigenvalue weighted by molar-refractivity contribution is 7.99. The molecule has 1 heterocycles. The third-order valence-corrected chi connectivity index (χ3v) is 7.22. The third kappa shape index (κ3) is 6.33. The number of nitrogens with one attached hydrogen (secondary N) is 1. The Balaban J connectivity index is 1.58. The zero-order valence-corrected chi connectivity index (χ0v) is 20.9. The Hall–Kier alpha value is -3.17. The molecule has 0 aromatic heterocycles. The predicted octanol–water partition coefficient (Wildman–Crippen LogP) is 5.42. The van der Waals surface area contributed by atoms with Gasteiger partial charge in [-0.1, -0.05) is 43.3 Å². The number of amides is 1. The molecular formula is C28H29NO6S. The maximum atomic E-state index is 11.5. The number of anilines is 1. The first-order valence-electron chi connectivity index (χ1n) is 11.7. The molecule has 0 unspecified atom stereocenters.